The summed E-state index contributed by atoms with van der Waals surface area (Å²) in [5, 5.41) is 3.51. The maximum Gasteiger partial charge on any atom is 0.230 e. The lowest BCUT2D eigenvalue weighted by atomic mass is 9.90. The molecule has 2 aliphatic heterocycles. The third-order valence-corrected chi connectivity index (χ3v) is 7.79. The van der Waals surface area contributed by atoms with Crippen molar-refractivity contribution >= 4 is 28.8 Å². The molecule has 4 aliphatic rings. The quantitative estimate of drug-likeness (QED) is 0.787. The summed E-state index contributed by atoms with van der Waals surface area (Å²) in [6, 6.07) is 10.5. The van der Waals surface area contributed by atoms with Gasteiger partial charge in [-0.1, -0.05) is 18.9 Å². The van der Waals surface area contributed by atoms with Gasteiger partial charge in [-0.2, -0.15) is 0 Å². The Balaban J connectivity index is 1.39. The maximum atomic E-state index is 14.0. The van der Waals surface area contributed by atoms with E-state index in [1.54, 1.807) is 0 Å². The molecule has 2 aromatic rings. The molecule has 6 nitrogen and oxygen atoms in total. The van der Waals surface area contributed by atoms with Crippen LogP contribution >= 0.6 is 0 Å². The number of hydrogen-bond donors (Lipinski definition) is 1. The van der Waals surface area contributed by atoms with Gasteiger partial charge in [-0.15, -0.1) is 0 Å². The van der Waals surface area contributed by atoms with Crippen LogP contribution in [0.1, 0.15) is 37.7 Å². The van der Waals surface area contributed by atoms with E-state index in [-0.39, 0.29) is 5.92 Å². The molecule has 3 fully saturated rings. The van der Waals surface area contributed by atoms with E-state index < -0.39 is 0 Å². The van der Waals surface area contributed by atoms with Gasteiger partial charge in [0.15, 0.2) is 0 Å². The summed E-state index contributed by atoms with van der Waals surface area (Å²) in [6.07, 6.45) is 7.87. The summed E-state index contributed by atoms with van der Waals surface area (Å²) in [6.45, 7) is 3.84. The van der Waals surface area contributed by atoms with E-state index in [9.17, 15) is 4.79 Å². The van der Waals surface area contributed by atoms with Crippen LogP contribution < -0.4 is 15.1 Å². The molecule has 31 heavy (non-hydrogen) atoms. The summed E-state index contributed by atoms with van der Waals surface area (Å²) < 4.78 is 5.54. The number of benzene rings is 1. The number of hydrogen-bond acceptors (Lipinski definition) is 5. The summed E-state index contributed by atoms with van der Waals surface area (Å²) in [7, 11) is 0. The van der Waals surface area contributed by atoms with Crippen LogP contribution in [0.2, 0.25) is 0 Å². The van der Waals surface area contributed by atoms with E-state index in [0.29, 0.717) is 18.4 Å². The van der Waals surface area contributed by atoms with Crippen molar-refractivity contribution in [2.24, 2.45) is 17.8 Å². The normalized spacial score (nSPS) is 27.2. The van der Waals surface area contributed by atoms with Crippen LogP contribution in [0.15, 0.2) is 36.5 Å². The molecule has 6 rings (SSSR count). The van der Waals surface area contributed by atoms with Gasteiger partial charge in [-0.05, 0) is 55.4 Å². The zero-order chi connectivity index (χ0) is 20.8. The molecule has 2 saturated carbocycles. The van der Waals surface area contributed by atoms with Crippen LogP contribution in [0.3, 0.4) is 0 Å². The van der Waals surface area contributed by atoms with Crippen molar-refractivity contribution in [3.63, 3.8) is 0 Å². The van der Waals surface area contributed by atoms with E-state index in [1.165, 1.54) is 25.7 Å². The van der Waals surface area contributed by atoms with Crippen molar-refractivity contribution in [2.45, 2.75) is 38.6 Å². The number of morpholine rings is 1. The molecule has 6 heteroatoms. The van der Waals surface area contributed by atoms with Gasteiger partial charge >= 0.3 is 0 Å². The highest BCUT2D eigenvalue weighted by Crippen LogP contribution is 2.49. The summed E-state index contributed by atoms with van der Waals surface area (Å²) in [5.41, 5.74) is 4.17. The number of fused-ring (bicyclic) bond motifs is 3. The Hall–Kier alpha value is -2.60. The first kappa shape index (κ1) is 19.1. The van der Waals surface area contributed by atoms with Crippen LogP contribution in [-0.4, -0.2) is 37.2 Å². The van der Waals surface area contributed by atoms with Gasteiger partial charge in [-0.25, -0.2) is 4.98 Å². The molecule has 1 aromatic carbocycles. The van der Waals surface area contributed by atoms with Gasteiger partial charge in [0.25, 0.3) is 0 Å². The lowest BCUT2D eigenvalue weighted by Crippen LogP contribution is -2.38. The molecule has 1 amide bonds. The number of nitrogens with one attached hydrogen (secondary N) is 1. The number of pyridine rings is 1. The van der Waals surface area contributed by atoms with Gasteiger partial charge in [0, 0.05) is 36.5 Å². The number of aromatic nitrogens is 1. The topological polar surface area (TPSA) is 57.7 Å². The highest BCUT2D eigenvalue weighted by atomic mass is 16.5. The second-order valence-electron chi connectivity index (χ2n) is 9.40. The second kappa shape index (κ2) is 7.83. The van der Waals surface area contributed by atoms with E-state index in [0.717, 1.165) is 67.1 Å². The predicted octanol–water partition coefficient (Wildman–Crippen LogP) is 4.33. The van der Waals surface area contributed by atoms with Crippen LogP contribution in [-0.2, 0) is 16.1 Å². The SMILES string of the molecule is O=C([C@@H]1CC[C@@H]2CCC[C@@H]21)N1Cc2cccnc2Nc2ccc(N3CCOCC3)cc21. The molecule has 3 heterocycles. The van der Waals surface area contributed by atoms with Crippen molar-refractivity contribution in [3.05, 3.63) is 42.1 Å². The Labute approximate surface area is 183 Å². The highest BCUT2D eigenvalue weighted by Gasteiger charge is 2.44. The lowest BCUT2D eigenvalue weighted by molar-refractivity contribution is -0.123. The zero-order valence-corrected chi connectivity index (χ0v) is 17.9. The Kier molecular flexibility index (Phi) is 4.82. The smallest absolute Gasteiger partial charge is 0.230 e. The van der Waals surface area contributed by atoms with Crippen molar-refractivity contribution in [1.29, 1.82) is 0 Å². The molecule has 1 N–H and O–H groups in total. The Morgan fingerprint density at radius 3 is 2.90 bits per heavy atom. The van der Waals surface area contributed by atoms with Gasteiger partial charge < -0.3 is 19.9 Å². The maximum absolute atomic E-state index is 14.0. The molecule has 3 atom stereocenters. The Bertz CT molecular complexity index is 987. The Morgan fingerprint density at radius 1 is 1.10 bits per heavy atom. The molecular formula is C25H30N4O2. The standard InChI is InChI=1S/C25H30N4O2/c30-25(21-8-6-17-3-1-5-20(17)21)29-16-18-4-2-10-26-24(18)27-22-9-7-19(15-23(22)29)28-11-13-31-14-12-28/h2,4,7,9-10,15,17,20-21H,1,3,5-6,8,11-14,16H2,(H,26,27)/t17-,20-,21+/m0/s1. The molecule has 2 aliphatic carbocycles. The number of anilines is 4. The molecule has 0 bridgehead atoms. The predicted molar refractivity (Wildman–Crippen MR) is 122 cm³/mol. The van der Waals surface area contributed by atoms with Gasteiger partial charge in [0.1, 0.15) is 5.82 Å². The fraction of sp³-hybridized carbons (Fsp3) is 0.520. The first-order valence-corrected chi connectivity index (χ1v) is 11.8. The average molecular weight is 419 g/mol. The fourth-order valence-electron chi connectivity index (χ4n) is 6.19. The number of ether oxygens (including phenoxy) is 1. The summed E-state index contributed by atoms with van der Waals surface area (Å²) >= 11 is 0. The van der Waals surface area contributed by atoms with Gasteiger partial charge in [0.2, 0.25) is 5.91 Å². The average Bonchev–Trinajstić information content (AvgIpc) is 3.39. The summed E-state index contributed by atoms with van der Waals surface area (Å²) in [5.74, 6) is 2.64. The molecule has 1 aromatic heterocycles. The number of amides is 1. The van der Waals surface area contributed by atoms with Crippen LogP contribution in [0.25, 0.3) is 0 Å². The van der Waals surface area contributed by atoms with Crippen molar-refractivity contribution < 1.29 is 9.53 Å². The monoisotopic (exact) mass is 418 g/mol. The minimum Gasteiger partial charge on any atom is -0.378 e. The number of nitrogens with zero attached hydrogens (tertiary/aromatic N) is 3. The second-order valence-corrected chi connectivity index (χ2v) is 9.40. The van der Waals surface area contributed by atoms with Crippen molar-refractivity contribution in [3.8, 4) is 0 Å². The molecular weight excluding hydrogens is 388 g/mol. The minimum absolute atomic E-state index is 0.158. The highest BCUT2D eigenvalue weighted by molar-refractivity contribution is 6.00. The molecule has 0 spiro atoms. The third-order valence-electron chi connectivity index (χ3n) is 7.79. The van der Waals surface area contributed by atoms with E-state index in [2.05, 4.69) is 39.5 Å². The molecule has 0 unspecified atom stereocenters. The molecule has 1 saturated heterocycles. The first-order chi connectivity index (χ1) is 15.3. The van der Waals surface area contributed by atoms with E-state index >= 15 is 0 Å². The van der Waals surface area contributed by atoms with E-state index in [1.807, 2.05) is 17.2 Å². The third kappa shape index (κ3) is 3.37. The number of rotatable bonds is 2. The van der Waals surface area contributed by atoms with Gasteiger partial charge in [0.05, 0.1) is 31.1 Å². The van der Waals surface area contributed by atoms with E-state index in [4.69, 9.17) is 4.74 Å². The van der Waals surface area contributed by atoms with Crippen LogP contribution in [0.4, 0.5) is 22.9 Å². The summed E-state index contributed by atoms with van der Waals surface area (Å²) in [4.78, 5) is 23.0. The fourth-order valence-corrected chi connectivity index (χ4v) is 6.19. The molecule has 0 radical (unpaired) electrons. The van der Waals surface area contributed by atoms with Gasteiger partial charge in [-0.3, -0.25) is 4.79 Å². The van der Waals surface area contributed by atoms with Crippen LogP contribution in [0, 0.1) is 17.8 Å². The lowest BCUT2D eigenvalue weighted by Gasteiger charge is -2.32. The minimum atomic E-state index is 0.158. The van der Waals surface area contributed by atoms with Crippen molar-refractivity contribution in [2.75, 3.05) is 41.4 Å². The Morgan fingerprint density at radius 2 is 2.00 bits per heavy atom. The zero-order valence-electron chi connectivity index (χ0n) is 17.9. The number of carbonyl (C=O) groups excluding carboxylic acids is 1. The van der Waals surface area contributed by atoms with Crippen molar-refractivity contribution in [1.82, 2.24) is 4.98 Å². The largest absolute Gasteiger partial charge is 0.378 e. The molecule has 162 valence electrons. The first-order valence-electron chi connectivity index (χ1n) is 11.8. The van der Waals surface area contributed by atoms with Crippen LogP contribution in [0.5, 0.6) is 0 Å². The number of carbonyl (C=O) groups is 1.